The number of hydrogen-bond acceptors (Lipinski definition) is 5. The Morgan fingerprint density at radius 1 is 1.11 bits per heavy atom. The van der Waals surface area contributed by atoms with Gasteiger partial charge in [0.2, 0.25) is 0 Å². The van der Waals surface area contributed by atoms with Crippen molar-refractivity contribution in [2.45, 2.75) is 124 Å². The maximum atomic E-state index is 13.0. The Balaban J connectivity index is 1.65. The molecule has 38 heavy (non-hydrogen) atoms. The Morgan fingerprint density at radius 3 is 2.45 bits per heavy atom. The van der Waals surface area contributed by atoms with Crippen LogP contribution in [0.3, 0.4) is 0 Å². The van der Waals surface area contributed by atoms with E-state index in [1.54, 1.807) is 13.8 Å². The largest absolute Gasteiger partial charge is 0.465 e. The highest BCUT2D eigenvalue weighted by Gasteiger charge is 2.49. The minimum atomic E-state index is -1.13. The highest BCUT2D eigenvalue weighted by atomic mass is 16.5. The summed E-state index contributed by atoms with van der Waals surface area (Å²) in [7, 11) is 0. The third-order valence-electron chi connectivity index (χ3n) is 10.0. The Labute approximate surface area is 230 Å². The lowest BCUT2D eigenvalue weighted by atomic mass is 9.62. The van der Waals surface area contributed by atoms with E-state index in [0.29, 0.717) is 31.3 Å². The lowest BCUT2D eigenvalue weighted by Crippen LogP contribution is -2.35. The first-order chi connectivity index (χ1) is 17.9. The van der Waals surface area contributed by atoms with Gasteiger partial charge < -0.3 is 14.9 Å². The van der Waals surface area contributed by atoms with Crippen molar-refractivity contribution in [2.75, 3.05) is 6.61 Å². The van der Waals surface area contributed by atoms with Gasteiger partial charge in [0.15, 0.2) is 5.78 Å². The molecule has 0 amide bonds. The van der Waals surface area contributed by atoms with Gasteiger partial charge in [-0.05, 0) is 89.4 Å². The highest BCUT2D eigenvalue weighted by molar-refractivity contribution is 6.03. The summed E-state index contributed by atoms with van der Waals surface area (Å²) in [6.45, 7) is 12.4. The van der Waals surface area contributed by atoms with Crippen LogP contribution in [-0.4, -0.2) is 40.8 Å². The molecule has 214 valence electrons. The molecule has 2 N–H and O–H groups in total. The van der Waals surface area contributed by atoms with Crippen molar-refractivity contribution < 1.29 is 24.5 Å². The molecular formula is C33H52O5. The number of unbranched alkanes of at least 4 members (excludes halogenated alkanes) is 2. The van der Waals surface area contributed by atoms with Crippen molar-refractivity contribution in [3.05, 3.63) is 34.9 Å². The standard InChI is InChI=1S/C33H52O5/c1-7-8-9-19-38-31(37)32(4,5)30(36)17-12-22(2)26-15-16-27-25(11-10-18-33(26,27)6)14-13-24-20-28(34)23(3)29(35)21-24/h12-14,23,26-29,34-35H,7-11,15-21H2,1-6H3/t23?,26-,27+,28-,29-,33-/m1/s1. The second-order valence-corrected chi connectivity index (χ2v) is 13.1. The number of ketones is 1. The smallest absolute Gasteiger partial charge is 0.319 e. The van der Waals surface area contributed by atoms with Crippen LogP contribution in [0.2, 0.25) is 0 Å². The summed E-state index contributed by atoms with van der Waals surface area (Å²) >= 11 is 0. The number of ether oxygens (including phenoxy) is 1. The van der Waals surface area contributed by atoms with Gasteiger partial charge in [-0.25, -0.2) is 0 Å². The number of aliphatic hydroxyl groups excluding tert-OH is 2. The average molecular weight is 529 g/mol. The summed E-state index contributed by atoms with van der Waals surface area (Å²) < 4.78 is 5.40. The third-order valence-corrected chi connectivity index (χ3v) is 10.0. The number of rotatable bonds is 10. The van der Waals surface area contributed by atoms with Gasteiger partial charge >= 0.3 is 5.97 Å². The summed E-state index contributed by atoms with van der Waals surface area (Å²) in [5, 5.41) is 20.6. The minimum Gasteiger partial charge on any atom is -0.465 e. The summed E-state index contributed by atoms with van der Waals surface area (Å²) in [5.41, 5.74) is 2.94. The molecule has 0 aromatic rings. The Hall–Kier alpha value is -1.72. The van der Waals surface area contributed by atoms with Gasteiger partial charge in [0, 0.05) is 12.3 Å². The van der Waals surface area contributed by atoms with Crippen molar-refractivity contribution in [3.63, 3.8) is 0 Å². The van der Waals surface area contributed by atoms with Crippen molar-refractivity contribution in [1.29, 1.82) is 0 Å². The van der Waals surface area contributed by atoms with Gasteiger partial charge in [0.1, 0.15) is 5.41 Å². The Bertz CT molecular complexity index is 927. The number of aliphatic hydroxyl groups is 2. The number of carbonyl (C=O) groups is 2. The molecule has 0 saturated heterocycles. The average Bonchev–Trinajstić information content (AvgIpc) is 3.24. The van der Waals surface area contributed by atoms with Crippen LogP contribution >= 0.6 is 0 Å². The molecule has 3 rings (SSSR count). The number of Topliss-reactive ketones (excluding diaryl/α,β-unsaturated/α-hetero) is 1. The molecule has 3 saturated carbocycles. The molecule has 0 spiro atoms. The molecule has 0 heterocycles. The lowest BCUT2D eigenvalue weighted by Gasteiger charge is -2.43. The van der Waals surface area contributed by atoms with Gasteiger partial charge in [-0.3, -0.25) is 9.59 Å². The van der Waals surface area contributed by atoms with Crippen molar-refractivity contribution in [1.82, 2.24) is 0 Å². The van der Waals surface area contributed by atoms with E-state index in [9.17, 15) is 19.8 Å². The van der Waals surface area contributed by atoms with Crippen LogP contribution < -0.4 is 0 Å². The lowest BCUT2D eigenvalue weighted by molar-refractivity contribution is -0.158. The molecule has 0 radical (unpaired) electrons. The molecule has 3 aliphatic carbocycles. The number of esters is 1. The molecule has 0 unspecified atom stereocenters. The van der Waals surface area contributed by atoms with E-state index in [0.717, 1.165) is 50.5 Å². The van der Waals surface area contributed by atoms with Crippen molar-refractivity contribution in [2.24, 2.45) is 28.6 Å². The quantitative estimate of drug-likeness (QED) is 0.140. The second kappa shape index (κ2) is 13.1. The zero-order valence-electron chi connectivity index (χ0n) is 24.7. The fourth-order valence-corrected chi connectivity index (χ4v) is 7.06. The summed E-state index contributed by atoms with van der Waals surface area (Å²) in [5.74, 6) is 0.376. The maximum absolute atomic E-state index is 13.0. The van der Waals surface area contributed by atoms with Gasteiger partial charge in [-0.1, -0.05) is 68.6 Å². The van der Waals surface area contributed by atoms with Gasteiger partial charge in [0.05, 0.1) is 18.8 Å². The molecule has 5 atom stereocenters. The van der Waals surface area contributed by atoms with Crippen LogP contribution in [0.1, 0.15) is 112 Å². The molecular weight excluding hydrogens is 476 g/mol. The monoisotopic (exact) mass is 528 g/mol. The van der Waals surface area contributed by atoms with Crippen molar-refractivity contribution >= 4 is 11.8 Å². The Morgan fingerprint density at radius 2 is 1.79 bits per heavy atom. The van der Waals surface area contributed by atoms with Gasteiger partial charge in [-0.15, -0.1) is 0 Å². The zero-order valence-corrected chi connectivity index (χ0v) is 24.7. The van der Waals surface area contributed by atoms with E-state index in [-0.39, 0.29) is 23.5 Å². The van der Waals surface area contributed by atoms with Crippen LogP contribution in [0.15, 0.2) is 34.9 Å². The van der Waals surface area contributed by atoms with Crippen LogP contribution in [0, 0.1) is 28.6 Å². The molecule has 3 aliphatic rings. The molecule has 0 aromatic heterocycles. The van der Waals surface area contributed by atoms with E-state index < -0.39 is 23.6 Å². The molecule has 0 bridgehead atoms. The topological polar surface area (TPSA) is 83.8 Å². The van der Waals surface area contributed by atoms with Crippen LogP contribution in [0.25, 0.3) is 0 Å². The second-order valence-electron chi connectivity index (χ2n) is 13.1. The van der Waals surface area contributed by atoms with Crippen LogP contribution in [-0.2, 0) is 14.3 Å². The van der Waals surface area contributed by atoms with Crippen molar-refractivity contribution in [3.8, 4) is 0 Å². The number of hydrogen-bond donors (Lipinski definition) is 2. The first kappa shape index (κ1) is 30.8. The number of allylic oxidation sites excluding steroid dienone is 5. The summed E-state index contributed by atoms with van der Waals surface area (Å²) in [4.78, 5) is 25.6. The maximum Gasteiger partial charge on any atom is 0.319 e. The third kappa shape index (κ3) is 6.88. The molecule has 0 aliphatic heterocycles. The van der Waals surface area contributed by atoms with Crippen LogP contribution in [0.5, 0.6) is 0 Å². The van der Waals surface area contributed by atoms with Crippen LogP contribution in [0.4, 0.5) is 0 Å². The van der Waals surface area contributed by atoms with Gasteiger partial charge in [0.25, 0.3) is 0 Å². The number of carbonyl (C=O) groups excluding carboxylic acids is 2. The van der Waals surface area contributed by atoms with E-state index in [1.807, 2.05) is 6.92 Å². The predicted molar refractivity (Wildman–Crippen MR) is 152 cm³/mol. The fourth-order valence-electron chi connectivity index (χ4n) is 7.06. The van der Waals surface area contributed by atoms with E-state index in [2.05, 4.69) is 39.0 Å². The summed E-state index contributed by atoms with van der Waals surface area (Å²) in [6.07, 6.45) is 15.7. The first-order valence-corrected chi connectivity index (χ1v) is 15.0. The molecule has 5 heteroatoms. The zero-order chi connectivity index (χ0) is 28.1. The normalized spacial score (nSPS) is 33.3. The first-order valence-electron chi connectivity index (χ1n) is 15.0. The predicted octanol–water partition coefficient (Wildman–Crippen LogP) is 6.87. The minimum absolute atomic E-state index is 0.0722. The highest BCUT2D eigenvalue weighted by Crippen LogP contribution is 2.59. The molecule has 5 nitrogen and oxygen atoms in total. The van der Waals surface area contributed by atoms with E-state index in [1.165, 1.54) is 17.6 Å². The van der Waals surface area contributed by atoms with E-state index >= 15 is 0 Å². The summed E-state index contributed by atoms with van der Waals surface area (Å²) in [6, 6.07) is 0. The Kier molecular flexibility index (Phi) is 10.6. The molecule has 0 aromatic carbocycles. The SMILES string of the molecule is CCCCCOC(=O)C(C)(C)C(=O)CC=C(C)[C@H]1CC[C@H]2C(=CC=C3C[C@@H](O)C(C)[C@H](O)C3)CCC[C@]12C. The fraction of sp³-hybridized carbons (Fsp3) is 0.758. The van der Waals surface area contributed by atoms with E-state index in [4.69, 9.17) is 4.74 Å². The molecule has 3 fully saturated rings. The van der Waals surface area contributed by atoms with Gasteiger partial charge in [-0.2, -0.15) is 0 Å². The number of fused-ring (bicyclic) bond motifs is 1.